The van der Waals surface area contributed by atoms with E-state index in [-0.39, 0.29) is 12.5 Å². The smallest absolute Gasteiger partial charge is 0.245 e. The molecule has 4 heteroatoms. The first-order valence-corrected chi connectivity index (χ1v) is 6.23. The standard InChI is InChI=1S/C12H24N2O2/c1-10(2)3-6-14-12(15)9-16-8-11-4-5-13-7-11/h10-11,13H,3-9H2,1-2H3,(H,14,15). The van der Waals surface area contributed by atoms with Crippen LogP contribution in [0.25, 0.3) is 0 Å². The summed E-state index contributed by atoms with van der Waals surface area (Å²) in [6, 6.07) is 0. The monoisotopic (exact) mass is 228 g/mol. The molecule has 1 saturated heterocycles. The molecule has 1 atom stereocenters. The van der Waals surface area contributed by atoms with Crippen LogP contribution in [0.1, 0.15) is 26.7 Å². The van der Waals surface area contributed by atoms with E-state index < -0.39 is 0 Å². The van der Waals surface area contributed by atoms with Crippen molar-refractivity contribution in [3.63, 3.8) is 0 Å². The number of rotatable bonds is 7. The van der Waals surface area contributed by atoms with Gasteiger partial charge in [-0.05, 0) is 31.2 Å². The SMILES string of the molecule is CC(C)CCNC(=O)COCC1CCNC1. The van der Waals surface area contributed by atoms with Crippen LogP contribution >= 0.6 is 0 Å². The van der Waals surface area contributed by atoms with Crippen molar-refractivity contribution in [3.05, 3.63) is 0 Å². The van der Waals surface area contributed by atoms with Crippen molar-refractivity contribution in [1.29, 1.82) is 0 Å². The molecule has 2 N–H and O–H groups in total. The minimum Gasteiger partial charge on any atom is -0.371 e. The van der Waals surface area contributed by atoms with Gasteiger partial charge < -0.3 is 15.4 Å². The van der Waals surface area contributed by atoms with E-state index in [2.05, 4.69) is 24.5 Å². The summed E-state index contributed by atoms with van der Waals surface area (Å²) in [6.07, 6.45) is 2.19. The van der Waals surface area contributed by atoms with Crippen LogP contribution in [0.3, 0.4) is 0 Å². The highest BCUT2D eigenvalue weighted by atomic mass is 16.5. The molecule has 1 heterocycles. The molecule has 0 spiro atoms. The topological polar surface area (TPSA) is 50.4 Å². The Balaban J connectivity index is 1.93. The lowest BCUT2D eigenvalue weighted by molar-refractivity contribution is -0.126. The second-order valence-corrected chi connectivity index (χ2v) is 4.91. The van der Waals surface area contributed by atoms with Gasteiger partial charge in [0.1, 0.15) is 6.61 Å². The predicted molar refractivity (Wildman–Crippen MR) is 64.3 cm³/mol. The Kier molecular flexibility index (Phi) is 6.42. The summed E-state index contributed by atoms with van der Waals surface area (Å²) in [6.45, 7) is 8.05. The molecule has 0 radical (unpaired) electrons. The molecule has 1 unspecified atom stereocenters. The van der Waals surface area contributed by atoms with Gasteiger partial charge >= 0.3 is 0 Å². The molecular formula is C12H24N2O2. The van der Waals surface area contributed by atoms with Crippen molar-refractivity contribution < 1.29 is 9.53 Å². The third kappa shape index (κ3) is 6.08. The number of amides is 1. The zero-order chi connectivity index (χ0) is 11.8. The Labute approximate surface area is 98.1 Å². The Morgan fingerprint density at radius 3 is 3.00 bits per heavy atom. The number of ether oxygens (including phenoxy) is 1. The molecule has 0 saturated carbocycles. The summed E-state index contributed by atoms with van der Waals surface area (Å²) in [7, 11) is 0. The highest BCUT2D eigenvalue weighted by Crippen LogP contribution is 2.07. The average molecular weight is 228 g/mol. The summed E-state index contributed by atoms with van der Waals surface area (Å²) >= 11 is 0. The number of hydrogen-bond acceptors (Lipinski definition) is 3. The molecule has 94 valence electrons. The van der Waals surface area contributed by atoms with Gasteiger partial charge in [-0.15, -0.1) is 0 Å². The van der Waals surface area contributed by atoms with E-state index in [0.29, 0.717) is 18.4 Å². The first-order valence-electron chi connectivity index (χ1n) is 6.23. The maximum atomic E-state index is 11.3. The summed E-state index contributed by atoms with van der Waals surface area (Å²) in [5, 5.41) is 6.14. The van der Waals surface area contributed by atoms with Crippen molar-refractivity contribution in [2.45, 2.75) is 26.7 Å². The molecule has 0 aliphatic carbocycles. The molecule has 0 bridgehead atoms. The minimum atomic E-state index is 0.00612. The summed E-state index contributed by atoms with van der Waals surface area (Å²) in [4.78, 5) is 11.3. The summed E-state index contributed by atoms with van der Waals surface area (Å²) in [5.74, 6) is 1.22. The molecule has 4 nitrogen and oxygen atoms in total. The maximum Gasteiger partial charge on any atom is 0.245 e. The molecular weight excluding hydrogens is 204 g/mol. The van der Waals surface area contributed by atoms with Gasteiger partial charge in [-0.25, -0.2) is 0 Å². The van der Waals surface area contributed by atoms with Crippen LogP contribution in [0.15, 0.2) is 0 Å². The fourth-order valence-corrected chi connectivity index (χ4v) is 1.73. The lowest BCUT2D eigenvalue weighted by Gasteiger charge is -2.10. The van der Waals surface area contributed by atoms with Crippen LogP contribution in [0.2, 0.25) is 0 Å². The lowest BCUT2D eigenvalue weighted by Crippen LogP contribution is -2.30. The van der Waals surface area contributed by atoms with Crippen molar-refractivity contribution in [1.82, 2.24) is 10.6 Å². The molecule has 0 aromatic carbocycles. The second-order valence-electron chi connectivity index (χ2n) is 4.91. The maximum absolute atomic E-state index is 11.3. The average Bonchev–Trinajstić information content (AvgIpc) is 2.70. The van der Waals surface area contributed by atoms with Crippen LogP contribution in [-0.2, 0) is 9.53 Å². The Morgan fingerprint density at radius 2 is 2.38 bits per heavy atom. The van der Waals surface area contributed by atoms with Crippen molar-refractivity contribution in [3.8, 4) is 0 Å². The second kappa shape index (κ2) is 7.63. The molecule has 1 fully saturated rings. The van der Waals surface area contributed by atoms with E-state index in [0.717, 1.165) is 32.5 Å². The zero-order valence-electron chi connectivity index (χ0n) is 10.4. The fourth-order valence-electron chi connectivity index (χ4n) is 1.73. The molecule has 16 heavy (non-hydrogen) atoms. The van der Waals surface area contributed by atoms with Crippen molar-refractivity contribution >= 4 is 5.91 Å². The van der Waals surface area contributed by atoms with E-state index in [9.17, 15) is 4.79 Å². The fraction of sp³-hybridized carbons (Fsp3) is 0.917. The highest BCUT2D eigenvalue weighted by molar-refractivity contribution is 5.77. The van der Waals surface area contributed by atoms with Gasteiger partial charge in [0.15, 0.2) is 0 Å². The van der Waals surface area contributed by atoms with Crippen molar-refractivity contribution in [2.24, 2.45) is 11.8 Å². The minimum absolute atomic E-state index is 0.00612. The van der Waals surface area contributed by atoms with Gasteiger partial charge in [0.2, 0.25) is 5.91 Å². The van der Waals surface area contributed by atoms with E-state index in [1.165, 1.54) is 0 Å². The molecule has 1 amide bonds. The van der Waals surface area contributed by atoms with Gasteiger partial charge in [-0.3, -0.25) is 4.79 Å². The van der Waals surface area contributed by atoms with Gasteiger partial charge in [-0.1, -0.05) is 13.8 Å². The Hall–Kier alpha value is -0.610. The zero-order valence-corrected chi connectivity index (χ0v) is 10.4. The number of nitrogens with one attached hydrogen (secondary N) is 2. The summed E-state index contributed by atoms with van der Waals surface area (Å²) in [5.41, 5.74) is 0. The predicted octanol–water partition coefficient (Wildman–Crippen LogP) is 0.775. The first-order chi connectivity index (χ1) is 7.68. The van der Waals surface area contributed by atoms with Crippen LogP contribution in [0.5, 0.6) is 0 Å². The van der Waals surface area contributed by atoms with Crippen LogP contribution in [0, 0.1) is 11.8 Å². The highest BCUT2D eigenvalue weighted by Gasteiger charge is 2.14. The Bertz CT molecular complexity index is 201. The van der Waals surface area contributed by atoms with Crippen LogP contribution in [0.4, 0.5) is 0 Å². The van der Waals surface area contributed by atoms with Crippen LogP contribution < -0.4 is 10.6 Å². The summed E-state index contributed by atoms with van der Waals surface area (Å²) < 4.78 is 5.38. The normalized spacial score (nSPS) is 20.3. The number of carbonyl (C=O) groups is 1. The molecule has 1 aliphatic heterocycles. The van der Waals surface area contributed by atoms with Crippen molar-refractivity contribution in [2.75, 3.05) is 32.8 Å². The van der Waals surface area contributed by atoms with E-state index in [1.807, 2.05) is 0 Å². The Morgan fingerprint density at radius 1 is 1.56 bits per heavy atom. The molecule has 1 rings (SSSR count). The molecule has 0 aromatic heterocycles. The van der Waals surface area contributed by atoms with Gasteiger partial charge in [0.05, 0.1) is 6.61 Å². The molecule has 0 aromatic rings. The quantitative estimate of drug-likeness (QED) is 0.677. The van der Waals surface area contributed by atoms with Crippen LogP contribution in [-0.4, -0.2) is 38.8 Å². The molecule has 1 aliphatic rings. The largest absolute Gasteiger partial charge is 0.371 e. The van der Waals surface area contributed by atoms with Gasteiger partial charge in [0.25, 0.3) is 0 Å². The van der Waals surface area contributed by atoms with E-state index in [1.54, 1.807) is 0 Å². The third-order valence-electron chi connectivity index (χ3n) is 2.79. The van der Waals surface area contributed by atoms with Gasteiger partial charge in [0, 0.05) is 13.1 Å². The first kappa shape index (κ1) is 13.5. The van der Waals surface area contributed by atoms with E-state index >= 15 is 0 Å². The van der Waals surface area contributed by atoms with E-state index in [4.69, 9.17) is 4.74 Å². The third-order valence-corrected chi connectivity index (χ3v) is 2.79. The number of carbonyl (C=O) groups excluding carboxylic acids is 1. The lowest BCUT2D eigenvalue weighted by atomic mass is 10.1. The van der Waals surface area contributed by atoms with Gasteiger partial charge in [-0.2, -0.15) is 0 Å². The number of hydrogen-bond donors (Lipinski definition) is 2.